The van der Waals surface area contributed by atoms with Gasteiger partial charge in [0.1, 0.15) is 11.2 Å². The third-order valence-corrected chi connectivity index (χ3v) is 11.2. The summed E-state index contributed by atoms with van der Waals surface area (Å²) in [6, 6.07) is 63.9. The average molecular weight is 715 g/mol. The average Bonchev–Trinajstić information content (AvgIpc) is 3.78. The summed E-state index contributed by atoms with van der Waals surface area (Å²) in [6.07, 6.45) is 0. The molecule has 0 aliphatic rings. The van der Waals surface area contributed by atoms with E-state index in [2.05, 4.69) is 168 Å². The molecule has 0 aliphatic carbocycles. The van der Waals surface area contributed by atoms with Gasteiger partial charge in [0, 0.05) is 44.3 Å². The van der Waals surface area contributed by atoms with E-state index >= 15 is 0 Å². The number of furan rings is 1. The lowest BCUT2D eigenvalue weighted by Gasteiger charge is -2.13. The molecule has 0 N–H and O–H groups in total. The molecule has 0 saturated carbocycles. The lowest BCUT2D eigenvalue weighted by Crippen LogP contribution is -2.02. The van der Waals surface area contributed by atoms with Gasteiger partial charge < -0.3 is 8.98 Å². The first-order valence-corrected chi connectivity index (χ1v) is 18.8. The molecular weight excluding hydrogens is 685 g/mol. The monoisotopic (exact) mass is 714 g/mol. The van der Waals surface area contributed by atoms with Gasteiger partial charge in [0.2, 0.25) is 0 Å². The highest BCUT2D eigenvalue weighted by molar-refractivity contribution is 6.17. The van der Waals surface area contributed by atoms with Crippen LogP contribution in [-0.2, 0) is 0 Å². The van der Waals surface area contributed by atoms with Crippen molar-refractivity contribution < 1.29 is 4.42 Å². The van der Waals surface area contributed by atoms with E-state index in [-0.39, 0.29) is 0 Å². The molecule has 0 amide bonds. The first-order valence-electron chi connectivity index (χ1n) is 18.8. The largest absolute Gasteiger partial charge is 0.456 e. The van der Waals surface area contributed by atoms with Gasteiger partial charge in [0.25, 0.3) is 0 Å². The number of para-hydroxylation sites is 1. The molecule has 0 spiro atoms. The van der Waals surface area contributed by atoms with Crippen molar-refractivity contribution >= 4 is 76.1 Å². The van der Waals surface area contributed by atoms with Crippen LogP contribution in [0, 0.1) is 0 Å². The Labute approximate surface area is 320 Å². The summed E-state index contributed by atoms with van der Waals surface area (Å²) in [5.74, 6) is 1.81. The highest BCUT2D eigenvalue weighted by Crippen LogP contribution is 2.42. The number of aromatic nitrogens is 4. The second kappa shape index (κ2) is 11.9. The van der Waals surface area contributed by atoms with Crippen LogP contribution in [0.5, 0.6) is 0 Å². The molecule has 3 aromatic heterocycles. The molecule has 12 rings (SSSR count). The summed E-state index contributed by atoms with van der Waals surface area (Å²) < 4.78 is 9.21. The smallest absolute Gasteiger partial charge is 0.164 e. The van der Waals surface area contributed by atoms with Crippen molar-refractivity contribution in [1.82, 2.24) is 19.5 Å². The van der Waals surface area contributed by atoms with E-state index in [0.29, 0.717) is 17.5 Å². The van der Waals surface area contributed by atoms with Crippen molar-refractivity contribution in [3.63, 3.8) is 0 Å². The Morgan fingerprint density at radius 3 is 1.73 bits per heavy atom. The van der Waals surface area contributed by atoms with Gasteiger partial charge in [-0.1, -0.05) is 140 Å². The van der Waals surface area contributed by atoms with Crippen molar-refractivity contribution in [2.75, 3.05) is 0 Å². The third-order valence-electron chi connectivity index (χ3n) is 11.2. The third kappa shape index (κ3) is 4.71. The van der Waals surface area contributed by atoms with Crippen LogP contribution in [0.2, 0.25) is 0 Å². The molecule has 0 bridgehead atoms. The van der Waals surface area contributed by atoms with Gasteiger partial charge >= 0.3 is 0 Å². The molecule has 9 aromatic carbocycles. The van der Waals surface area contributed by atoms with Crippen LogP contribution in [0.1, 0.15) is 0 Å². The molecule has 12 aromatic rings. The fourth-order valence-electron chi connectivity index (χ4n) is 8.57. The highest BCUT2D eigenvalue weighted by Gasteiger charge is 2.22. The van der Waals surface area contributed by atoms with Crippen LogP contribution >= 0.6 is 0 Å². The van der Waals surface area contributed by atoms with Crippen LogP contribution < -0.4 is 0 Å². The summed E-state index contributed by atoms with van der Waals surface area (Å²) in [6.45, 7) is 0. The number of nitrogens with zero attached hydrogens (tertiary/aromatic N) is 4. The van der Waals surface area contributed by atoms with Gasteiger partial charge in [0.05, 0.1) is 16.7 Å². The molecule has 0 atom stereocenters. The predicted octanol–water partition coefficient (Wildman–Crippen LogP) is 13.3. The number of fused-ring (bicyclic) bond motifs is 9. The van der Waals surface area contributed by atoms with Crippen LogP contribution in [0.25, 0.3) is 116 Å². The van der Waals surface area contributed by atoms with E-state index in [9.17, 15) is 0 Å². The van der Waals surface area contributed by atoms with Crippen molar-refractivity contribution in [2.45, 2.75) is 0 Å². The van der Waals surface area contributed by atoms with E-state index in [4.69, 9.17) is 19.4 Å². The second-order valence-corrected chi connectivity index (χ2v) is 14.4. The molecule has 0 radical (unpaired) electrons. The lowest BCUT2D eigenvalue weighted by molar-refractivity contribution is 0.669. The van der Waals surface area contributed by atoms with Crippen molar-refractivity contribution in [1.29, 1.82) is 0 Å². The summed E-state index contributed by atoms with van der Waals surface area (Å²) in [4.78, 5) is 15.8. The zero-order valence-electron chi connectivity index (χ0n) is 30.0. The zero-order chi connectivity index (χ0) is 36.7. The maximum atomic E-state index is 6.86. The molecule has 260 valence electrons. The topological polar surface area (TPSA) is 56.7 Å². The summed E-state index contributed by atoms with van der Waals surface area (Å²) in [5, 5.41) is 11.2. The summed E-state index contributed by atoms with van der Waals surface area (Å²) >= 11 is 0. The van der Waals surface area contributed by atoms with Crippen molar-refractivity contribution in [2.24, 2.45) is 0 Å². The lowest BCUT2D eigenvalue weighted by atomic mass is 10.0. The fraction of sp³-hybridized carbons (Fsp3) is 0. The molecule has 5 heteroatoms. The minimum absolute atomic E-state index is 0.579. The van der Waals surface area contributed by atoms with Crippen LogP contribution in [0.15, 0.2) is 186 Å². The van der Waals surface area contributed by atoms with Gasteiger partial charge in [-0.3, -0.25) is 0 Å². The second-order valence-electron chi connectivity index (χ2n) is 14.4. The summed E-state index contributed by atoms with van der Waals surface area (Å²) in [5.41, 5.74) is 7.53. The molecule has 0 saturated heterocycles. The van der Waals surface area contributed by atoms with Gasteiger partial charge in [-0.2, -0.15) is 0 Å². The minimum Gasteiger partial charge on any atom is -0.456 e. The summed E-state index contributed by atoms with van der Waals surface area (Å²) in [7, 11) is 0. The van der Waals surface area contributed by atoms with Gasteiger partial charge in [0.15, 0.2) is 17.5 Å². The molecule has 0 fully saturated rings. The van der Waals surface area contributed by atoms with Crippen molar-refractivity contribution in [3.05, 3.63) is 182 Å². The predicted molar refractivity (Wildman–Crippen MR) is 230 cm³/mol. The minimum atomic E-state index is 0.579. The molecular formula is C51H30N4O. The Hall–Kier alpha value is -7.63. The Morgan fingerprint density at radius 2 is 0.946 bits per heavy atom. The Balaban J connectivity index is 1.22. The van der Waals surface area contributed by atoms with E-state index in [1.807, 2.05) is 18.2 Å². The number of hydrogen-bond acceptors (Lipinski definition) is 4. The van der Waals surface area contributed by atoms with Gasteiger partial charge in [-0.05, 0) is 68.7 Å². The molecule has 3 heterocycles. The van der Waals surface area contributed by atoms with Gasteiger partial charge in [-0.15, -0.1) is 0 Å². The van der Waals surface area contributed by atoms with Crippen LogP contribution in [0.4, 0.5) is 0 Å². The van der Waals surface area contributed by atoms with Gasteiger partial charge in [-0.25, -0.2) is 15.0 Å². The number of rotatable bonds is 4. The van der Waals surface area contributed by atoms with E-state index in [1.54, 1.807) is 0 Å². The van der Waals surface area contributed by atoms with E-state index in [1.165, 1.54) is 21.5 Å². The molecule has 0 aliphatic heterocycles. The molecule has 56 heavy (non-hydrogen) atoms. The normalized spacial score (nSPS) is 11.9. The van der Waals surface area contributed by atoms with E-state index < -0.39 is 0 Å². The molecule has 5 nitrogen and oxygen atoms in total. The SMILES string of the molecule is c1ccc(-c2nc(-c3cccc4ccccc34)nc(-c3cc(-n4c5ccccc5c5cc6ccccc6cc54)cc4oc5cc6ccccc6cc5c34)n2)cc1. The van der Waals surface area contributed by atoms with Crippen LogP contribution in [0.3, 0.4) is 0 Å². The first kappa shape index (κ1) is 30.8. The number of benzene rings is 9. The van der Waals surface area contributed by atoms with Crippen LogP contribution in [-0.4, -0.2) is 19.5 Å². The zero-order valence-corrected chi connectivity index (χ0v) is 30.0. The maximum absolute atomic E-state index is 6.86. The Kier molecular flexibility index (Phi) is 6.56. The Bertz CT molecular complexity index is 3540. The molecule has 0 unspecified atom stereocenters. The quantitative estimate of drug-likeness (QED) is 0.182. The van der Waals surface area contributed by atoms with Crippen molar-refractivity contribution in [3.8, 4) is 39.9 Å². The number of hydrogen-bond donors (Lipinski definition) is 0. The Morgan fingerprint density at radius 1 is 0.357 bits per heavy atom. The first-order chi connectivity index (χ1) is 27.7. The standard InChI is InChI=1S/C51H30N4O/c1-2-14-32(15-3-1)49-52-50(40-23-12-20-31-13-8-9-21-38(31)40)54-51(53-49)43-29-37(30-47-48(43)42-26-34-17-5-7-19-36(34)28-46(42)56-47)55-44-24-11-10-22-39(44)41-25-33-16-4-6-18-35(33)27-45(41)55/h1-30H. The fourth-order valence-corrected chi connectivity index (χ4v) is 8.57. The van der Waals surface area contributed by atoms with E-state index in [0.717, 1.165) is 76.9 Å². The maximum Gasteiger partial charge on any atom is 0.164 e. The highest BCUT2D eigenvalue weighted by atomic mass is 16.3.